The SMILES string of the molecule is CCNc1cccnc1OCC. The minimum atomic E-state index is 0.648. The molecule has 1 aromatic rings. The van der Waals surface area contributed by atoms with Gasteiger partial charge in [-0.2, -0.15) is 0 Å². The molecule has 0 saturated carbocycles. The van der Waals surface area contributed by atoms with E-state index < -0.39 is 0 Å². The highest BCUT2D eigenvalue weighted by Crippen LogP contribution is 2.19. The summed E-state index contributed by atoms with van der Waals surface area (Å²) in [5.74, 6) is 0.682. The molecule has 66 valence electrons. The number of pyridine rings is 1. The molecule has 0 fully saturated rings. The molecular formula is C9H14N2O. The third-order valence-corrected chi connectivity index (χ3v) is 1.42. The number of anilines is 1. The van der Waals surface area contributed by atoms with Crippen LogP contribution in [0.5, 0.6) is 5.88 Å². The normalized spacial score (nSPS) is 9.50. The quantitative estimate of drug-likeness (QED) is 0.742. The minimum absolute atomic E-state index is 0.648. The van der Waals surface area contributed by atoms with Crippen molar-refractivity contribution < 1.29 is 4.74 Å². The first-order valence-corrected chi connectivity index (χ1v) is 4.20. The monoisotopic (exact) mass is 166 g/mol. The number of ether oxygens (including phenoxy) is 1. The molecule has 1 rings (SSSR count). The maximum atomic E-state index is 5.32. The van der Waals surface area contributed by atoms with Gasteiger partial charge in [0.05, 0.1) is 12.3 Å². The van der Waals surface area contributed by atoms with Crippen LogP contribution in [-0.2, 0) is 0 Å². The van der Waals surface area contributed by atoms with E-state index in [-0.39, 0.29) is 0 Å². The Morgan fingerprint density at radius 2 is 2.33 bits per heavy atom. The van der Waals surface area contributed by atoms with Gasteiger partial charge in [-0.25, -0.2) is 4.98 Å². The summed E-state index contributed by atoms with van der Waals surface area (Å²) < 4.78 is 5.32. The Morgan fingerprint density at radius 3 is 3.00 bits per heavy atom. The summed E-state index contributed by atoms with van der Waals surface area (Å²) in [6.45, 7) is 5.52. The molecule has 0 aliphatic heterocycles. The second-order valence-electron chi connectivity index (χ2n) is 2.32. The van der Waals surface area contributed by atoms with Gasteiger partial charge in [0.25, 0.3) is 0 Å². The van der Waals surface area contributed by atoms with E-state index in [2.05, 4.69) is 10.3 Å². The number of rotatable bonds is 4. The van der Waals surface area contributed by atoms with Crippen LogP contribution in [0.15, 0.2) is 18.3 Å². The highest BCUT2D eigenvalue weighted by molar-refractivity contribution is 5.51. The Hall–Kier alpha value is -1.25. The summed E-state index contributed by atoms with van der Waals surface area (Å²) in [4.78, 5) is 4.10. The van der Waals surface area contributed by atoms with E-state index in [9.17, 15) is 0 Å². The van der Waals surface area contributed by atoms with Crippen LogP contribution in [0.3, 0.4) is 0 Å². The predicted molar refractivity (Wildman–Crippen MR) is 49.6 cm³/mol. The molecule has 0 aliphatic carbocycles. The second kappa shape index (κ2) is 4.59. The van der Waals surface area contributed by atoms with Crippen LogP contribution in [0.25, 0.3) is 0 Å². The van der Waals surface area contributed by atoms with Crippen LogP contribution in [0.1, 0.15) is 13.8 Å². The van der Waals surface area contributed by atoms with Crippen molar-refractivity contribution >= 4 is 5.69 Å². The van der Waals surface area contributed by atoms with Crippen LogP contribution in [-0.4, -0.2) is 18.1 Å². The standard InChI is InChI=1S/C9H14N2O/c1-3-10-8-6-5-7-11-9(8)12-4-2/h5-7,10H,3-4H2,1-2H3. The lowest BCUT2D eigenvalue weighted by atomic mass is 10.4. The smallest absolute Gasteiger partial charge is 0.237 e. The molecule has 0 atom stereocenters. The lowest BCUT2D eigenvalue weighted by molar-refractivity contribution is 0.328. The van der Waals surface area contributed by atoms with E-state index in [0.29, 0.717) is 12.5 Å². The number of hydrogen-bond donors (Lipinski definition) is 1. The fourth-order valence-corrected chi connectivity index (χ4v) is 0.968. The Labute approximate surface area is 72.8 Å². The molecule has 3 nitrogen and oxygen atoms in total. The Morgan fingerprint density at radius 1 is 1.50 bits per heavy atom. The van der Waals surface area contributed by atoms with Gasteiger partial charge in [-0.05, 0) is 26.0 Å². The Bertz CT molecular complexity index is 213. The maximum Gasteiger partial charge on any atom is 0.237 e. The summed E-state index contributed by atoms with van der Waals surface area (Å²) in [6, 6.07) is 3.85. The van der Waals surface area contributed by atoms with Gasteiger partial charge < -0.3 is 10.1 Å². The van der Waals surface area contributed by atoms with Gasteiger partial charge in [0.2, 0.25) is 5.88 Å². The molecule has 1 aromatic heterocycles. The zero-order valence-corrected chi connectivity index (χ0v) is 7.50. The van der Waals surface area contributed by atoms with Crippen LogP contribution in [0.2, 0.25) is 0 Å². The largest absolute Gasteiger partial charge is 0.476 e. The van der Waals surface area contributed by atoms with Crippen molar-refractivity contribution in [2.75, 3.05) is 18.5 Å². The summed E-state index contributed by atoms with van der Waals surface area (Å²) in [5.41, 5.74) is 0.960. The molecule has 0 spiro atoms. The van der Waals surface area contributed by atoms with E-state index in [4.69, 9.17) is 4.74 Å². The average molecular weight is 166 g/mol. The van der Waals surface area contributed by atoms with Crippen LogP contribution < -0.4 is 10.1 Å². The number of nitrogens with one attached hydrogen (secondary N) is 1. The third-order valence-electron chi connectivity index (χ3n) is 1.42. The van der Waals surface area contributed by atoms with Gasteiger partial charge >= 0.3 is 0 Å². The topological polar surface area (TPSA) is 34.2 Å². The molecule has 12 heavy (non-hydrogen) atoms. The molecule has 1 heterocycles. The van der Waals surface area contributed by atoms with E-state index in [1.807, 2.05) is 26.0 Å². The first kappa shape index (κ1) is 8.84. The van der Waals surface area contributed by atoms with Gasteiger partial charge in [0.1, 0.15) is 0 Å². The number of aromatic nitrogens is 1. The van der Waals surface area contributed by atoms with Crippen LogP contribution in [0.4, 0.5) is 5.69 Å². The van der Waals surface area contributed by atoms with Crippen LogP contribution >= 0.6 is 0 Å². The van der Waals surface area contributed by atoms with E-state index in [0.717, 1.165) is 12.2 Å². The summed E-state index contributed by atoms with van der Waals surface area (Å²) in [7, 11) is 0. The molecule has 0 aromatic carbocycles. The second-order valence-corrected chi connectivity index (χ2v) is 2.32. The van der Waals surface area contributed by atoms with Crippen molar-refractivity contribution in [3.63, 3.8) is 0 Å². The molecule has 0 aliphatic rings. The Balaban J connectivity index is 2.77. The van der Waals surface area contributed by atoms with E-state index in [1.165, 1.54) is 0 Å². The summed E-state index contributed by atoms with van der Waals surface area (Å²) in [5, 5.41) is 3.17. The minimum Gasteiger partial charge on any atom is -0.476 e. The van der Waals surface area contributed by atoms with Crippen LogP contribution in [0, 0.1) is 0 Å². The molecule has 0 amide bonds. The van der Waals surface area contributed by atoms with E-state index in [1.54, 1.807) is 6.20 Å². The molecule has 0 unspecified atom stereocenters. The highest BCUT2D eigenvalue weighted by atomic mass is 16.5. The van der Waals surface area contributed by atoms with Crippen molar-refractivity contribution in [1.29, 1.82) is 0 Å². The zero-order valence-electron chi connectivity index (χ0n) is 7.50. The third kappa shape index (κ3) is 2.12. The molecule has 0 bridgehead atoms. The van der Waals surface area contributed by atoms with Gasteiger partial charge in [-0.3, -0.25) is 0 Å². The van der Waals surface area contributed by atoms with Crippen molar-refractivity contribution in [2.24, 2.45) is 0 Å². The Kier molecular flexibility index (Phi) is 3.38. The highest BCUT2D eigenvalue weighted by Gasteiger charge is 2.00. The van der Waals surface area contributed by atoms with Crippen molar-refractivity contribution in [3.8, 4) is 5.88 Å². The molecule has 0 saturated heterocycles. The van der Waals surface area contributed by atoms with Crippen molar-refractivity contribution in [1.82, 2.24) is 4.98 Å². The van der Waals surface area contributed by atoms with Gasteiger partial charge in [-0.15, -0.1) is 0 Å². The predicted octanol–water partition coefficient (Wildman–Crippen LogP) is 1.91. The molecule has 3 heteroatoms. The maximum absolute atomic E-state index is 5.32. The fourth-order valence-electron chi connectivity index (χ4n) is 0.968. The van der Waals surface area contributed by atoms with Gasteiger partial charge in [0.15, 0.2) is 0 Å². The van der Waals surface area contributed by atoms with Gasteiger partial charge in [-0.1, -0.05) is 0 Å². The van der Waals surface area contributed by atoms with Crippen molar-refractivity contribution in [2.45, 2.75) is 13.8 Å². The fraction of sp³-hybridized carbons (Fsp3) is 0.444. The van der Waals surface area contributed by atoms with Gasteiger partial charge in [0, 0.05) is 12.7 Å². The molecular weight excluding hydrogens is 152 g/mol. The summed E-state index contributed by atoms with van der Waals surface area (Å²) >= 11 is 0. The lowest BCUT2D eigenvalue weighted by Gasteiger charge is -2.08. The summed E-state index contributed by atoms with van der Waals surface area (Å²) in [6.07, 6.45) is 1.73. The lowest BCUT2D eigenvalue weighted by Crippen LogP contribution is -2.02. The first-order valence-electron chi connectivity index (χ1n) is 4.20. The number of nitrogens with zero attached hydrogens (tertiary/aromatic N) is 1. The van der Waals surface area contributed by atoms with Crippen molar-refractivity contribution in [3.05, 3.63) is 18.3 Å². The van der Waals surface area contributed by atoms with E-state index >= 15 is 0 Å². The first-order chi connectivity index (χ1) is 5.88. The molecule has 0 radical (unpaired) electrons. The average Bonchev–Trinajstić information content (AvgIpc) is 2.09. The molecule has 1 N–H and O–H groups in total. The number of hydrogen-bond acceptors (Lipinski definition) is 3. The zero-order chi connectivity index (χ0) is 8.81.